The van der Waals surface area contributed by atoms with E-state index in [1.54, 1.807) is 0 Å². The summed E-state index contributed by atoms with van der Waals surface area (Å²) in [6, 6.07) is 0. The van der Waals surface area contributed by atoms with Gasteiger partial charge in [-0.3, -0.25) is 0 Å². The molecule has 15 heavy (non-hydrogen) atoms. The van der Waals surface area contributed by atoms with Crippen molar-refractivity contribution in [2.75, 3.05) is 5.73 Å². The van der Waals surface area contributed by atoms with Gasteiger partial charge in [-0.2, -0.15) is 0 Å². The first kappa shape index (κ1) is 11.7. The van der Waals surface area contributed by atoms with Crippen LogP contribution >= 0.6 is 0 Å². The SMILES string of the molecule is C=C(C)c1c(C)nc(N)nc1C(C)(C)C. The van der Waals surface area contributed by atoms with Gasteiger partial charge < -0.3 is 5.73 Å². The molecule has 0 fully saturated rings. The highest BCUT2D eigenvalue weighted by atomic mass is 15.0. The Labute approximate surface area is 91.4 Å². The molecular formula is C12H19N3. The van der Waals surface area contributed by atoms with Crippen LogP contribution in [0.3, 0.4) is 0 Å². The molecule has 0 aliphatic carbocycles. The highest BCUT2D eigenvalue weighted by molar-refractivity contribution is 5.66. The van der Waals surface area contributed by atoms with Crippen molar-refractivity contribution < 1.29 is 0 Å². The Hall–Kier alpha value is -1.38. The zero-order chi connectivity index (χ0) is 11.8. The number of nitrogen functional groups attached to an aromatic ring is 1. The third kappa shape index (κ3) is 2.35. The number of anilines is 1. The first-order valence-electron chi connectivity index (χ1n) is 5.04. The zero-order valence-corrected chi connectivity index (χ0v) is 10.2. The van der Waals surface area contributed by atoms with Crippen molar-refractivity contribution in [3.63, 3.8) is 0 Å². The van der Waals surface area contributed by atoms with Crippen LogP contribution in [0.5, 0.6) is 0 Å². The first-order chi connectivity index (χ1) is 6.73. The zero-order valence-electron chi connectivity index (χ0n) is 10.2. The van der Waals surface area contributed by atoms with Crippen molar-refractivity contribution >= 4 is 11.5 Å². The molecule has 3 heteroatoms. The Morgan fingerprint density at radius 3 is 2.20 bits per heavy atom. The highest BCUT2D eigenvalue weighted by Gasteiger charge is 2.22. The highest BCUT2D eigenvalue weighted by Crippen LogP contribution is 2.29. The van der Waals surface area contributed by atoms with E-state index in [0.29, 0.717) is 5.95 Å². The predicted octanol–water partition coefficient (Wildman–Crippen LogP) is 2.70. The molecule has 2 N–H and O–H groups in total. The molecule has 0 aromatic carbocycles. The molecule has 0 aliphatic heterocycles. The molecule has 0 atom stereocenters. The summed E-state index contributed by atoms with van der Waals surface area (Å²) < 4.78 is 0. The van der Waals surface area contributed by atoms with Crippen LogP contribution in [0.4, 0.5) is 5.95 Å². The number of rotatable bonds is 1. The standard InChI is InChI=1S/C12H19N3/c1-7(2)9-8(3)14-11(13)15-10(9)12(4,5)6/h1H2,2-6H3,(H2,13,14,15). The lowest BCUT2D eigenvalue weighted by molar-refractivity contribution is 0.565. The summed E-state index contributed by atoms with van der Waals surface area (Å²) in [5.74, 6) is 0.336. The van der Waals surface area contributed by atoms with Gasteiger partial charge in [-0.25, -0.2) is 9.97 Å². The number of nitrogens with two attached hydrogens (primary N) is 1. The van der Waals surface area contributed by atoms with Crippen molar-refractivity contribution in [2.24, 2.45) is 0 Å². The summed E-state index contributed by atoms with van der Waals surface area (Å²) in [5, 5.41) is 0. The number of hydrogen-bond donors (Lipinski definition) is 1. The topological polar surface area (TPSA) is 51.8 Å². The largest absolute Gasteiger partial charge is 0.368 e. The Morgan fingerprint density at radius 2 is 1.80 bits per heavy atom. The molecule has 0 aliphatic rings. The molecule has 0 radical (unpaired) electrons. The van der Waals surface area contributed by atoms with Crippen LogP contribution in [-0.4, -0.2) is 9.97 Å². The molecule has 1 rings (SSSR count). The van der Waals surface area contributed by atoms with Gasteiger partial charge in [0.2, 0.25) is 5.95 Å². The first-order valence-corrected chi connectivity index (χ1v) is 5.04. The van der Waals surface area contributed by atoms with Gasteiger partial charge in [-0.05, 0) is 19.4 Å². The van der Waals surface area contributed by atoms with Crippen LogP contribution in [0.15, 0.2) is 6.58 Å². The van der Waals surface area contributed by atoms with Crippen LogP contribution in [0.25, 0.3) is 5.57 Å². The Bertz CT molecular complexity index is 400. The van der Waals surface area contributed by atoms with E-state index in [2.05, 4.69) is 37.3 Å². The van der Waals surface area contributed by atoms with Gasteiger partial charge in [-0.15, -0.1) is 0 Å². The third-order valence-electron chi connectivity index (χ3n) is 2.24. The second kappa shape index (κ2) is 3.65. The van der Waals surface area contributed by atoms with Crippen molar-refractivity contribution in [3.05, 3.63) is 23.5 Å². The molecule has 1 heterocycles. The van der Waals surface area contributed by atoms with Gasteiger partial charge in [0, 0.05) is 11.0 Å². The Balaban J connectivity index is 3.54. The number of allylic oxidation sites excluding steroid dienone is 1. The lowest BCUT2D eigenvalue weighted by Gasteiger charge is -2.23. The van der Waals surface area contributed by atoms with E-state index in [9.17, 15) is 0 Å². The molecule has 0 spiro atoms. The maximum Gasteiger partial charge on any atom is 0.220 e. The fraction of sp³-hybridized carbons (Fsp3) is 0.500. The van der Waals surface area contributed by atoms with Gasteiger partial charge in [0.25, 0.3) is 0 Å². The molecule has 0 saturated carbocycles. The van der Waals surface area contributed by atoms with Gasteiger partial charge >= 0.3 is 0 Å². The number of aryl methyl sites for hydroxylation is 1. The Kier molecular flexibility index (Phi) is 2.84. The number of hydrogen-bond acceptors (Lipinski definition) is 3. The molecular weight excluding hydrogens is 186 g/mol. The minimum atomic E-state index is -0.0455. The molecule has 0 amide bonds. The summed E-state index contributed by atoms with van der Waals surface area (Å²) >= 11 is 0. The van der Waals surface area contributed by atoms with Crippen LogP contribution in [-0.2, 0) is 5.41 Å². The van der Waals surface area contributed by atoms with Crippen molar-refractivity contribution in [1.29, 1.82) is 0 Å². The summed E-state index contributed by atoms with van der Waals surface area (Å²) in [5.41, 5.74) is 9.52. The summed E-state index contributed by atoms with van der Waals surface area (Å²) in [6.07, 6.45) is 0. The smallest absolute Gasteiger partial charge is 0.220 e. The maximum atomic E-state index is 5.67. The molecule has 0 bridgehead atoms. The fourth-order valence-corrected chi connectivity index (χ4v) is 1.65. The molecule has 1 aromatic heterocycles. The minimum absolute atomic E-state index is 0.0455. The second-order valence-electron chi connectivity index (χ2n) is 4.92. The van der Waals surface area contributed by atoms with Gasteiger partial charge in [0.05, 0.1) is 11.4 Å². The Morgan fingerprint density at radius 1 is 1.27 bits per heavy atom. The molecule has 0 unspecified atom stereocenters. The van der Waals surface area contributed by atoms with E-state index in [1.165, 1.54) is 0 Å². The van der Waals surface area contributed by atoms with Gasteiger partial charge in [0.1, 0.15) is 0 Å². The van der Waals surface area contributed by atoms with E-state index in [4.69, 9.17) is 5.73 Å². The molecule has 0 saturated heterocycles. The average molecular weight is 205 g/mol. The van der Waals surface area contributed by atoms with Crippen molar-refractivity contribution in [1.82, 2.24) is 9.97 Å². The lowest BCUT2D eigenvalue weighted by Crippen LogP contribution is -2.19. The summed E-state index contributed by atoms with van der Waals surface area (Å²) in [7, 11) is 0. The van der Waals surface area contributed by atoms with Crippen LogP contribution in [0, 0.1) is 6.92 Å². The van der Waals surface area contributed by atoms with E-state index < -0.39 is 0 Å². The summed E-state index contributed by atoms with van der Waals surface area (Å²) in [4.78, 5) is 8.51. The maximum absolute atomic E-state index is 5.67. The summed E-state index contributed by atoms with van der Waals surface area (Å²) in [6.45, 7) is 14.2. The fourth-order valence-electron chi connectivity index (χ4n) is 1.65. The van der Waals surface area contributed by atoms with E-state index in [0.717, 1.165) is 22.5 Å². The van der Waals surface area contributed by atoms with E-state index in [1.807, 2.05) is 13.8 Å². The monoisotopic (exact) mass is 205 g/mol. The molecule has 1 aromatic rings. The second-order valence-corrected chi connectivity index (χ2v) is 4.92. The lowest BCUT2D eigenvalue weighted by atomic mass is 9.86. The molecule has 3 nitrogen and oxygen atoms in total. The van der Waals surface area contributed by atoms with Crippen molar-refractivity contribution in [2.45, 2.75) is 40.0 Å². The average Bonchev–Trinajstić information content (AvgIpc) is 1.99. The normalized spacial score (nSPS) is 11.5. The predicted molar refractivity (Wildman–Crippen MR) is 64.6 cm³/mol. The van der Waals surface area contributed by atoms with E-state index >= 15 is 0 Å². The minimum Gasteiger partial charge on any atom is -0.368 e. The van der Waals surface area contributed by atoms with Crippen LogP contribution in [0.1, 0.15) is 44.6 Å². The van der Waals surface area contributed by atoms with Crippen LogP contribution in [0.2, 0.25) is 0 Å². The van der Waals surface area contributed by atoms with E-state index in [-0.39, 0.29) is 5.41 Å². The van der Waals surface area contributed by atoms with Crippen LogP contribution < -0.4 is 5.73 Å². The quantitative estimate of drug-likeness (QED) is 0.767. The van der Waals surface area contributed by atoms with Gasteiger partial charge in [0.15, 0.2) is 0 Å². The number of nitrogens with zero attached hydrogens (tertiary/aromatic N) is 2. The van der Waals surface area contributed by atoms with Gasteiger partial charge in [-0.1, -0.05) is 27.4 Å². The van der Waals surface area contributed by atoms with Crippen molar-refractivity contribution in [3.8, 4) is 0 Å². The molecule has 82 valence electrons. The number of aromatic nitrogens is 2. The third-order valence-corrected chi connectivity index (χ3v) is 2.24.